The molecule has 134 valence electrons. The van der Waals surface area contributed by atoms with Crippen molar-refractivity contribution in [3.8, 4) is 11.1 Å². The molecule has 3 heterocycles. The predicted molar refractivity (Wildman–Crippen MR) is 86.1 cm³/mol. The van der Waals surface area contributed by atoms with Gasteiger partial charge in [-0.2, -0.15) is 19.6 Å². The number of rotatable bonds is 2. The molecule has 0 radical (unpaired) electrons. The lowest BCUT2D eigenvalue weighted by molar-refractivity contribution is 0.0564. The number of fused-ring (bicyclic) bond motifs is 3. The number of nitrogens with zero attached hydrogens (tertiary/aromatic N) is 5. The van der Waals surface area contributed by atoms with Gasteiger partial charge in [0.25, 0.3) is 5.78 Å². The molecule has 2 aromatic heterocycles. The predicted octanol–water partition coefficient (Wildman–Crippen LogP) is 3.53. The summed E-state index contributed by atoms with van der Waals surface area (Å²) in [5.41, 5.74) is -0.533. The second-order valence-electron chi connectivity index (χ2n) is 6.34. The summed E-state index contributed by atoms with van der Waals surface area (Å²) in [6.45, 7) is 0. The van der Waals surface area contributed by atoms with E-state index in [1.807, 2.05) is 0 Å². The molecular weight excluding hydrogens is 371 g/mol. The highest BCUT2D eigenvalue weighted by Crippen LogP contribution is 2.45. The van der Waals surface area contributed by atoms with Crippen LogP contribution in [-0.4, -0.2) is 31.7 Å². The SMILES string of the molecule is Fc1cc(F)c(-c2c(Cl)nc3ncnn3c2N2OC3CCC2C3)c(F)c1. The lowest BCUT2D eigenvalue weighted by Gasteiger charge is -2.29. The molecule has 5 rings (SSSR count). The van der Waals surface area contributed by atoms with E-state index in [1.165, 1.54) is 10.8 Å². The Morgan fingerprint density at radius 3 is 2.54 bits per heavy atom. The summed E-state index contributed by atoms with van der Waals surface area (Å²) in [6.07, 6.45) is 3.87. The summed E-state index contributed by atoms with van der Waals surface area (Å²) in [5, 5.41) is 5.50. The molecule has 0 amide bonds. The van der Waals surface area contributed by atoms with Crippen LogP contribution in [0.3, 0.4) is 0 Å². The number of aromatic nitrogens is 4. The molecule has 2 fully saturated rings. The fraction of sp³-hybridized carbons (Fsp3) is 0.312. The molecule has 2 bridgehead atoms. The molecule has 1 aromatic carbocycles. The first-order valence-corrected chi connectivity index (χ1v) is 8.41. The molecule has 2 aliphatic rings. The maximum Gasteiger partial charge on any atom is 0.255 e. The highest BCUT2D eigenvalue weighted by Gasteiger charge is 2.43. The number of hydrogen-bond donors (Lipinski definition) is 0. The van der Waals surface area contributed by atoms with E-state index >= 15 is 0 Å². The Hall–Kier alpha value is -2.39. The molecule has 3 aromatic rings. The van der Waals surface area contributed by atoms with Crippen LogP contribution in [0.2, 0.25) is 5.15 Å². The Morgan fingerprint density at radius 1 is 1.12 bits per heavy atom. The van der Waals surface area contributed by atoms with Gasteiger partial charge in [0.15, 0.2) is 5.82 Å². The summed E-state index contributed by atoms with van der Waals surface area (Å²) in [6, 6.07) is 1.22. The van der Waals surface area contributed by atoms with Crippen LogP contribution in [0.5, 0.6) is 0 Å². The minimum Gasteiger partial charge on any atom is -0.268 e. The third kappa shape index (κ3) is 2.20. The molecule has 26 heavy (non-hydrogen) atoms. The smallest absolute Gasteiger partial charge is 0.255 e. The Morgan fingerprint density at radius 2 is 1.88 bits per heavy atom. The van der Waals surface area contributed by atoms with E-state index in [0.717, 1.165) is 19.3 Å². The van der Waals surface area contributed by atoms with Crippen LogP contribution < -0.4 is 5.06 Å². The highest BCUT2D eigenvalue weighted by molar-refractivity contribution is 6.33. The zero-order chi connectivity index (χ0) is 18.0. The number of benzene rings is 1. The highest BCUT2D eigenvalue weighted by atomic mass is 35.5. The first-order valence-electron chi connectivity index (χ1n) is 8.03. The van der Waals surface area contributed by atoms with E-state index in [1.54, 1.807) is 5.06 Å². The lowest BCUT2D eigenvalue weighted by Crippen LogP contribution is -2.33. The fourth-order valence-corrected chi connectivity index (χ4v) is 3.95. The van der Waals surface area contributed by atoms with Gasteiger partial charge in [0.05, 0.1) is 23.3 Å². The van der Waals surface area contributed by atoms with Crippen molar-refractivity contribution < 1.29 is 18.0 Å². The fourth-order valence-electron chi connectivity index (χ4n) is 3.70. The zero-order valence-corrected chi connectivity index (χ0v) is 13.9. The molecular formula is C16H11ClF3N5O. The average Bonchev–Trinajstić information content (AvgIpc) is 3.30. The third-order valence-electron chi connectivity index (χ3n) is 4.78. The first-order chi connectivity index (χ1) is 12.5. The molecule has 0 N–H and O–H groups in total. The Kier molecular flexibility index (Phi) is 3.38. The van der Waals surface area contributed by atoms with Gasteiger partial charge in [0.1, 0.15) is 28.9 Å². The van der Waals surface area contributed by atoms with E-state index in [2.05, 4.69) is 15.1 Å². The topological polar surface area (TPSA) is 55.5 Å². The van der Waals surface area contributed by atoms with E-state index < -0.39 is 23.0 Å². The number of hydroxylamine groups is 1. The summed E-state index contributed by atoms with van der Waals surface area (Å²) < 4.78 is 43.7. The Balaban J connectivity index is 1.83. The maximum atomic E-state index is 14.5. The number of anilines is 1. The quantitative estimate of drug-likeness (QED) is 0.636. The average molecular weight is 382 g/mol. The van der Waals surface area contributed by atoms with Crippen LogP contribution in [-0.2, 0) is 4.84 Å². The van der Waals surface area contributed by atoms with Crippen LogP contribution in [0.4, 0.5) is 19.0 Å². The summed E-state index contributed by atoms with van der Waals surface area (Å²) in [7, 11) is 0. The molecule has 1 saturated carbocycles. The van der Waals surface area contributed by atoms with Crippen molar-refractivity contribution in [2.75, 3.05) is 5.06 Å². The van der Waals surface area contributed by atoms with E-state index in [0.29, 0.717) is 12.1 Å². The van der Waals surface area contributed by atoms with Crippen molar-refractivity contribution in [2.24, 2.45) is 0 Å². The van der Waals surface area contributed by atoms with Gasteiger partial charge < -0.3 is 0 Å². The van der Waals surface area contributed by atoms with Gasteiger partial charge in [-0.1, -0.05) is 11.6 Å². The summed E-state index contributed by atoms with van der Waals surface area (Å²) in [4.78, 5) is 13.9. The van der Waals surface area contributed by atoms with Gasteiger partial charge in [-0.15, -0.1) is 0 Å². The van der Waals surface area contributed by atoms with Gasteiger partial charge in [0, 0.05) is 12.1 Å². The van der Waals surface area contributed by atoms with Crippen LogP contribution in [0.25, 0.3) is 16.9 Å². The molecule has 1 aliphatic heterocycles. The second kappa shape index (κ2) is 5.55. The number of hydrogen-bond acceptors (Lipinski definition) is 5. The Labute approximate surface area is 150 Å². The van der Waals surface area contributed by atoms with E-state index in [4.69, 9.17) is 16.4 Å². The van der Waals surface area contributed by atoms with Gasteiger partial charge in [-0.3, -0.25) is 4.84 Å². The van der Waals surface area contributed by atoms with Crippen molar-refractivity contribution in [1.82, 2.24) is 19.6 Å². The van der Waals surface area contributed by atoms with Crippen molar-refractivity contribution in [3.05, 3.63) is 41.1 Å². The maximum absolute atomic E-state index is 14.5. The van der Waals surface area contributed by atoms with Crippen LogP contribution >= 0.6 is 11.6 Å². The van der Waals surface area contributed by atoms with Gasteiger partial charge in [0.2, 0.25) is 0 Å². The normalized spacial score (nSPS) is 21.9. The van der Waals surface area contributed by atoms with Gasteiger partial charge >= 0.3 is 0 Å². The molecule has 2 atom stereocenters. The van der Waals surface area contributed by atoms with Crippen molar-refractivity contribution in [3.63, 3.8) is 0 Å². The summed E-state index contributed by atoms with van der Waals surface area (Å²) in [5.74, 6) is -2.79. The minimum absolute atomic E-state index is 0.0242. The standard InChI is InChI=1S/C16H11ClF3N5O/c17-14-13(12-10(19)3-7(18)4-11(12)20)15(24-16(23-14)21-6-22-24)25-8-1-2-9(5-8)26-25/h3-4,6,8-9H,1-2,5H2. The van der Waals surface area contributed by atoms with Crippen molar-refractivity contribution >= 4 is 23.2 Å². The van der Waals surface area contributed by atoms with Crippen LogP contribution in [0, 0.1) is 17.5 Å². The molecule has 6 nitrogen and oxygen atoms in total. The first kappa shape index (κ1) is 15.8. The monoisotopic (exact) mass is 381 g/mol. The molecule has 10 heteroatoms. The lowest BCUT2D eigenvalue weighted by atomic mass is 10.1. The molecule has 2 unspecified atom stereocenters. The molecule has 1 aliphatic carbocycles. The minimum atomic E-state index is -1.09. The van der Waals surface area contributed by atoms with Gasteiger partial charge in [-0.05, 0) is 19.3 Å². The van der Waals surface area contributed by atoms with Crippen molar-refractivity contribution in [1.29, 1.82) is 0 Å². The Bertz CT molecular complexity index is 1020. The largest absolute Gasteiger partial charge is 0.268 e. The number of halogens is 4. The third-order valence-corrected chi connectivity index (χ3v) is 5.05. The van der Waals surface area contributed by atoms with Crippen LogP contribution in [0.1, 0.15) is 19.3 Å². The zero-order valence-electron chi connectivity index (χ0n) is 13.2. The molecule has 1 saturated heterocycles. The van der Waals surface area contributed by atoms with E-state index in [9.17, 15) is 13.2 Å². The van der Waals surface area contributed by atoms with Crippen molar-refractivity contribution in [2.45, 2.75) is 31.4 Å². The summed E-state index contributed by atoms with van der Waals surface area (Å²) >= 11 is 6.26. The van der Waals surface area contributed by atoms with Crippen LogP contribution in [0.15, 0.2) is 18.5 Å². The van der Waals surface area contributed by atoms with Gasteiger partial charge in [-0.25, -0.2) is 18.2 Å². The van der Waals surface area contributed by atoms with E-state index in [-0.39, 0.29) is 34.5 Å². The molecule has 0 spiro atoms. The second-order valence-corrected chi connectivity index (χ2v) is 6.70.